The molecule has 0 saturated carbocycles. The van der Waals surface area contributed by atoms with E-state index in [0.717, 1.165) is 49.8 Å². The molecule has 2 heterocycles. The van der Waals surface area contributed by atoms with Crippen molar-refractivity contribution in [1.82, 2.24) is 14.8 Å². The molecule has 0 spiro atoms. The van der Waals surface area contributed by atoms with E-state index < -0.39 is 0 Å². The monoisotopic (exact) mass is 447 g/mol. The molecule has 28 heavy (non-hydrogen) atoms. The van der Waals surface area contributed by atoms with Crippen LogP contribution in [-0.4, -0.2) is 55.3 Å². The number of benzene rings is 1. The average Bonchev–Trinajstić information content (AvgIpc) is 3.11. The van der Waals surface area contributed by atoms with Crippen LogP contribution in [0.2, 0.25) is 0 Å². The fourth-order valence-electron chi connectivity index (χ4n) is 3.38. The molecule has 1 saturated heterocycles. The number of halogens is 1. The van der Waals surface area contributed by atoms with Crippen LogP contribution in [0.15, 0.2) is 46.0 Å². The highest BCUT2D eigenvalue weighted by Crippen LogP contribution is 2.27. The molecule has 1 aliphatic heterocycles. The zero-order valence-corrected chi connectivity index (χ0v) is 18.6. The standard InChI is InChI=1S/C21H30BrN5O/c1-4-23-21(26(3)16-19-6-5-9-25(19)2)24-15-17-7-8-18(22)14-20(17)27-10-12-28-13-11-27/h5-9,14H,4,10-13,15-16H2,1-3H3,(H,23,24). The fraction of sp³-hybridized carbons (Fsp3) is 0.476. The lowest BCUT2D eigenvalue weighted by atomic mass is 10.1. The quantitative estimate of drug-likeness (QED) is 0.545. The van der Waals surface area contributed by atoms with Gasteiger partial charge in [0.2, 0.25) is 0 Å². The van der Waals surface area contributed by atoms with Gasteiger partial charge in [0.05, 0.1) is 26.3 Å². The zero-order valence-electron chi connectivity index (χ0n) is 17.0. The topological polar surface area (TPSA) is 45.0 Å². The van der Waals surface area contributed by atoms with Crippen LogP contribution in [0.3, 0.4) is 0 Å². The summed E-state index contributed by atoms with van der Waals surface area (Å²) in [5, 5.41) is 3.42. The number of guanidine groups is 1. The number of hydrogen-bond acceptors (Lipinski definition) is 3. The summed E-state index contributed by atoms with van der Waals surface area (Å²) in [6.07, 6.45) is 2.07. The van der Waals surface area contributed by atoms with E-state index in [1.54, 1.807) is 0 Å². The van der Waals surface area contributed by atoms with Crippen molar-refractivity contribution in [2.45, 2.75) is 20.0 Å². The maximum absolute atomic E-state index is 5.51. The van der Waals surface area contributed by atoms with Crippen molar-refractivity contribution >= 4 is 27.6 Å². The molecular weight excluding hydrogens is 418 g/mol. The third kappa shape index (κ3) is 5.29. The lowest BCUT2D eigenvalue weighted by molar-refractivity contribution is 0.122. The third-order valence-electron chi connectivity index (χ3n) is 4.95. The smallest absolute Gasteiger partial charge is 0.194 e. The zero-order chi connectivity index (χ0) is 19.9. The highest BCUT2D eigenvalue weighted by Gasteiger charge is 2.16. The minimum atomic E-state index is 0.639. The predicted octanol–water partition coefficient (Wildman–Crippen LogP) is 3.22. The van der Waals surface area contributed by atoms with Gasteiger partial charge < -0.3 is 24.4 Å². The van der Waals surface area contributed by atoms with Gasteiger partial charge in [-0.05, 0) is 36.8 Å². The molecule has 1 aliphatic rings. The molecule has 1 fully saturated rings. The van der Waals surface area contributed by atoms with E-state index in [1.807, 2.05) is 0 Å². The van der Waals surface area contributed by atoms with Crippen molar-refractivity contribution in [3.8, 4) is 0 Å². The fourth-order valence-corrected chi connectivity index (χ4v) is 3.73. The first-order valence-corrected chi connectivity index (χ1v) is 10.6. The van der Waals surface area contributed by atoms with Crippen LogP contribution >= 0.6 is 15.9 Å². The van der Waals surface area contributed by atoms with Crippen LogP contribution in [0, 0.1) is 0 Å². The van der Waals surface area contributed by atoms with E-state index in [-0.39, 0.29) is 0 Å². The second-order valence-electron chi connectivity index (χ2n) is 7.01. The maximum Gasteiger partial charge on any atom is 0.194 e. The number of rotatable bonds is 6. The molecule has 0 bridgehead atoms. The Balaban J connectivity index is 1.77. The summed E-state index contributed by atoms with van der Waals surface area (Å²) >= 11 is 3.61. The highest BCUT2D eigenvalue weighted by molar-refractivity contribution is 9.10. The van der Waals surface area contributed by atoms with Gasteiger partial charge in [0.25, 0.3) is 0 Å². The van der Waals surface area contributed by atoms with Gasteiger partial charge in [0, 0.05) is 55.8 Å². The van der Waals surface area contributed by atoms with Crippen LogP contribution in [0.5, 0.6) is 0 Å². The Hall–Kier alpha value is -1.99. The molecule has 0 aliphatic carbocycles. The van der Waals surface area contributed by atoms with Crippen molar-refractivity contribution in [3.05, 3.63) is 52.3 Å². The minimum absolute atomic E-state index is 0.639. The first-order valence-electron chi connectivity index (χ1n) is 9.79. The molecule has 0 atom stereocenters. The summed E-state index contributed by atoms with van der Waals surface area (Å²) in [5.41, 5.74) is 3.72. The number of ether oxygens (including phenoxy) is 1. The van der Waals surface area contributed by atoms with Gasteiger partial charge in [-0.1, -0.05) is 22.0 Å². The number of aliphatic imine (C=N–C) groups is 1. The second-order valence-corrected chi connectivity index (χ2v) is 7.92. The van der Waals surface area contributed by atoms with Gasteiger partial charge in [-0.2, -0.15) is 0 Å². The summed E-state index contributed by atoms with van der Waals surface area (Å²) in [7, 11) is 4.16. The molecule has 1 aromatic heterocycles. The highest BCUT2D eigenvalue weighted by atomic mass is 79.9. The normalized spacial score (nSPS) is 15.0. The third-order valence-corrected chi connectivity index (χ3v) is 5.44. The largest absolute Gasteiger partial charge is 0.378 e. The Morgan fingerprint density at radius 2 is 2.07 bits per heavy atom. The molecule has 0 radical (unpaired) electrons. The van der Waals surface area contributed by atoms with Gasteiger partial charge in [0.1, 0.15) is 0 Å². The number of nitrogens with zero attached hydrogens (tertiary/aromatic N) is 4. The lowest BCUT2D eigenvalue weighted by Crippen LogP contribution is -2.39. The number of aryl methyl sites for hydroxylation is 1. The first kappa shape index (κ1) is 20.7. The lowest BCUT2D eigenvalue weighted by Gasteiger charge is -2.30. The Morgan fingerprint density at radius 1 is 1.29 bits per heavy atom. The van der Waals surface area contributed by atoms with E-state index >= 15 is 0 Å². The molecule has 152 valence electrons. The first-order chi connectivity index (χ1) is 13.6. The van der Waals surface area contributed by atoms with Crippen molar-refractivity contribution in [3.63, 3.8) is 0 Å². The van der Waals surface area contributed by atoms with E-state index in [1.165, 1.54) is 16.9 Å². The van der Waals surface area contributed by atoms with Crippen LogP contribution in [0.1, 0.15) is 18.2 Å². The molecular formula is C21H30BrN5O. The number of aromatic nitrogens is 1. The summed E-state index contributed by atoms with van der Waals surface area (Å²) in [4.78, 5) is 9.49. The molecule has 1 aromatic carbocycles. The van der Waals surface area contributed by atoms with E-state index in [4.69, 9.17) is 9.73 Å². The Kier molecular flexibility index (Phi) is 7.39. The minimum Gasteiger partial charge on any atom is -0.378 e. The van der Waals surface area contributed by atoms with Crippen molar-refractivity contribution in [2.75, 3.05) is 44.8 Å². The van der Waals surface area contributed by atoms with E-state index in [0.29, 0.717) is 6.54 Å². The number of anilines is 1. The van der Waals surface area contributed by atoms with Gasteiger partial charge >= 0.3 is 0 Å². The summed E-state index contributed by atoms with van der Waals surface area (Å²) in [6, 6.07) is 10.7. The molecule has 7 heteroatoms. The average molecular weight is 448 g/mol. The maximum atomic E-state index is 5.51. The van der Waals surface area contributed by atoms with Crippen LogP contribution in [0.4, 0.5) is 5.69 Å². The molecule has 0 amide bonds. The number of morpholine rings is 1. The molecule has 0 unspecified atom stereocenters. The SMILES string of the molecule is CCNC(=NCc1ccc(Br)cc1N1CCOCC1)N(C)Cc1cccn1C. The van der Waals surface area contributed by atoms with Crippen molar-refractivity contribution < 1.29 is 4.74 Å². The number of hydrogen-bond donors (Lipinski definition) is 1. The van der Waals surface area contributed by atoms with Crippen LogP contribution in [-0.2, 0) is 24.9 Å². The van der Waals surface area contributed by atoms with Gasteiger partial charge in [-0.25, -0.2) is 4.99 Å². The number of nitrogens with one attached hydrogen (secondary N) is 1. The van der Waals surface area contributed by atoms with Gasteiger partial charge in [-0.15, -0.1) is 0 Å². The van der Waals surface area contributed by atoms with Crippen LogP contribution < -0.4 is 10.2 Å². The molecule has 1 N–H and O–H groups in total. The predicted molar refractivity (Wildman–Crippen MR) is 119 cm³/mol. The van der Waals surface area contributed by atoms with Crippen molar-refractivity contribution in [1.29, 1.82) is 0 Å². The summed E-state index contributed by atoms with van der Waals surface area (Å²) in [6.45, 7) is 7.78. The van der Waals surface area contributed by atoms with E-state index in [2.05, 4.69) is 93.2 Å². The summed E-state index contributed by atoms with van der Waals surface area (Å²) < 4.78 is 8.75. The van der Waals surface area contributed by atoms with Gasteiger partial charge in [-0.3, -0.25) is 0 Å². The Morgan fingerprint density at radius 3 is 2.75 bits per heavy atom. The second kappa shape index (κ2) is 9.98. The molecule has 2 aromatic rings. The van der Waals surface area contributed by atoms with Gasteiger partial charge in [0.15, 0.2) is 5.96 Å². The van der Waals surface area contributed by atoms with Crippen molar-refractivity contribution in [2.24, 2.45) is 12.0 Å². The Labute approximate surface area is 176 Å². The molecule has 3 rings (SSSR count). The molecule has 6 nitrogen and oxygen atoms in total. The Bertz CT molecular complexity index is 798. The van der Waals surface area contributed by atoms with Crippen LogP contribution in [0.25, 0.3) is 0 Å². The summed E-state index contributed by atoms with van der Waals surface area (Å²) in [5.74, 6) is 0.916. The van der Waals surface area contributed by atoms with E-state index in [9.17, 15) is 0 Å².